The lowest BCUT2D eigenvalue weighted by Crippen LogP contribution is -2.30. The molecule has 0 amide bonds. The van der Waals surface area contributed by atoms with Crippen LogP contribution in [0.1, 0.15) is 375 Å². The number of esters is 4. The van der Waals surface area contributed by atoms with Gasteiger partial charge in [0.15, 0.2) is 12.2 Å². The molecule has 0 aliphatic carbocycles. The zero-order chi connectivity index (χ0) is 67.9. The van der Waals surface area contributed by atoms with Gasteiger partial charge in [-0.2, -0.15) is 0 Å². The number of hydrogen-bond donors (Lipinski definition) is 3. The molecule has 0 aromatic rings. The Morgan fingerprint density at radius 2 is 0.500 bits per heavy atom. The Labute approximate surface area is 562 Å². The van der Waals surface area contributed by atoms with E-state index >= 15 is 0 Å². The zero-order valence-electron chi connectivity index (χ0n) is 59.9. The fourth-order valence-corrected chi connectivity index (χ4v) is 12.7. The molecule has 0 aromatic carbocycles. The average molecular weight is 1350 g/mol. The van der Waals surface area contributed by atoms with Crippen LogP contribution < -0.4 is 0 Å². The highest BCUT2D eigenvalue weighted by molar-refractivity contribution is 7.47. The first-order valence-electron chi connectivity index (χ1n) is 38.0. The second-order valence-electron chi connectivity index (χ2n) is 27.3. The first-order valence-corrected chi connectivity index (χ1v) is 41.0. The number of aliphatic hydroxyl groups is 1. The van der Waals surface area contributed by atoms with Gasteiger partial charge in [-0.3, -0.25) is 37.3 Å². The van der Waals surface area contributed by atoms with Crippen LogP contribution in [-0.2, 0) is 65.4 Å². The Bertz CT molecular complexity index is 1790. The maximum atomic E-state index is 13.1. The fourth-order valence-electron chi connectivity index (χ4n) is 11.1. The van der Waals surface area contributed by atoms with E-state index in [4.69, 9.17) is 37.0 Å². The first kappa shape index (κ1) is 90.1. The maximum Gasteiger partial charge on any atom is 0.472 e. The number of unbranched alkanes of at least 4 members (excludes halogenated alkanes) is 42. The van der Waals surface area contributed by atoms with Crippen LogP contribution in [0.15, 0.2) is 0 Å². The van der Waals surface area contributed by atoms with Gasteiger partial charge in [-0.25, -0.2) is 9.13 Å². The van der Waals surface area contributed by atoms with Gasteiger partial charge in [0.2, 0.25) is 0 Å². The second-order valence-corrected chi connectivity index (χ2v) is 30.2. The third kappa shape index (κ3) is 66.7. The molecule has 0 aliphatic rings. The average Bonchev–Trinajstić information content (AvgIpc) is 2.34. The van der Waals surface area contributed by atoms with Crippen LogP contribution in [0.3, 0.4) is 0 Å². The molecule has 0 saturated carbocycles. The molecule has 3 N–H and O–H groups in total. The molecule has 0 spiro atoms. The molecule has 17 nitrogen and oxygen atoms in total. The Kier molecular flexibility index (Phi) is 63.7. The number of carbonyl (C=O) groups excluding carboxylic acids is 4. The van der Waals surface area contributed by atoms with E-state index in [1.54, 1.807) is 0 Å². The number of hydrogen-bond acceptors (Lipinski definition) is 15. The van der Waals surface area contributed by atoms with Gasteiger partial charge < -0.3 is 33.8 Å². The van der Waals surface area contributed by atoms with Gasteiger partial charge >= 0.3 is 39.5 Å². The number of ether oxygens (including phenoxy) is 4. The third-order valence-electron chi connectivity index (χ3n) is 17.0. The van der Waals surface area contributed by atoms with E-state index < -0.39 is 97.5 Å². The highest BCUT2D eigenvalue weighted by Gasteiger charge is 2.30. The molecular weight excluding hydrogens is 1210 g/mol. The van der Waals surface area contributed by atoms with E-state index in [1.807, 2.05) is 0 Å². The van der Waals surface area contributed by atoms with Crippen molar-refractivity contribution in [3.05, 3.63) is 0 Å². The Morgan fingerprint density at radius 1 is 0.293 bits per heavy atom. The number of phosphoric acid groups is 2. The predicted molar refractivity (Wildman–Crippen MR) is 372 cm³/mol. The normalized spacial score (nSPS) is 14.1. The van der Waals surface area contributed by atoms with Gasteiger partial charge in [0.1, 0.15) is 19.3 Å². The van der Waals surface area contributed by atoms with Gasteiger partial charge in [-0.05, 0) is 37.5 Å². The summed E-state index contributed by atoms with van der Waals surface area (Å²) in [5.41, 5.74) is 0. The Morgan fingerprint density at radius 3 is 0.739 bits per heavy atom. The molecular formula is C73H142O17P2. The SMILES string of the molecule is CCCCCCCCCCCCCCCC(=O)OC[C@H](COP(=O)(O)OC[C@@H](O)COP(=O)(O)OC[C@@H](COC(=O)CCCCCCCCCCC)OC(=O)CCCCCCCCCCCC(C)C)OC(=O)CCCCCCCCCCCCCCCCCC(C)C. The van der Waals surface area contributed by atoms with Crippen molar-refractivity contribution >= 4 is 39.5 Å². The molecule has 0 saturated heterocycles. The Balaban J connectivity index is 5.22. The van der Waals surface area contributed by atoms with Crippen molar-refractivity contribution in [3.63, 3.8) is 0 Å². The monoisotopic (exact) mass is 1350 g/mol. The van der Waals surface area contributed by atoms with Gasteiger partial charge in [0, 0.05) is 25.7 Å². The molecule has 0 rings (SSSR count). The van der Waals surface area contributed by atoms with Crippen molar-refractivity contribution in [2.24, 2.45) is 11.8 Å². The minimum atomic E-state index is -4.95. The second kappa shape index (κ2) is 65.0. The lowest BCUT2D eigenvalue weighted by molar-refractivity contribution is -0.161. The molecule has 0 bridgehead atoms. The van der Waals surface area contributed by atoms with Gasteiger partial charge in [0.25, 0.3) is 0 Å². The summed E-state index contributed by atoms with van der Waals surface area (Å²) in [5, 5.41) is 10.6. The van der Waals surface area contributed by atoms with Crippen LogP contribution in [0.4, 0.5) is 0 Å². The summed E-state index contributed by atoms with van der Waals surface area (Å²) < 4.78 is 68.4. The van der Waals surface area contributed by atoms with Crippen molar-refractivity contribution in [2.75, 3.05) is 39.6 Å². The predicted octanol–water partition coefficient (Wildman–Crippen LogP) is 21.2. The quantitative estimate of drug-likeness (QED) is 0.0222. The minimum Gasteiger partial charge on any atom is -0.462 e. The van der Waals surface area contributed by atoms with E-state index in [9.17, 15) is 43.2 Å². The summed E-state index contributed by atoms with van der Waals surface area (Å²) in [7, 11) is -9.90. The summed E-state index contributed by atoms with van der Waals surface area (Å²) in [4.78, 5) is 72.6. The van der Waals surface area contributed by atoms with E-state index in [-0.39, 0.29) is 25.7 Å². The van der Waals surface area contributed by atoms with E-state index in [2.05, 4.69) is 41.5 Å². The van der Waals surface area contributed by atoms with Crippen molar-refractivity contribution in [1.82, 2.24) is 0 Å². The van der Waals surface area contributed by atoms with Gasteiger partial charge in [-0.15, -0.1) is 0 Å². The summed E-state index contributed by atoms with van der Waals surface area (Å²) in [6.45, 7) is 9.56. The first-order chi connectivity index (χ1) is 44.4. The van der Waals surface area contributed by atoms with Crippen molar-refractivity contribution < 1.29 is 80.2 Å². The van der Waals surface area contributed by atoms with Crippen LogP contribution in [-0.4, -0.2) is 96.7 Å². The van der Waals surface area contributed by atoms with Gasteiger partial charge in [0.05, 0.1) is 26.4 Å². The standard InChI is InChI=1S/C73H142O17P2/c1-7-9-11-13-15-17-18-22-26-32-38-44-50-56-71(76)84-62-69(89-72(77)57-51-45-39-33-27-24-21-19-20-23-25-30-35-41-47-53-65(3)4)64-88-92(81,82)86-60-67(74)59-85-91(79,80)87-63-68(61-83-70(75)55-49-43-37-29-16-14-12-10-8-2)90-73(78)58-52-46-40-34-28-31-36-42-48-54-66(5)6/h65-69,74H,7-64H2,1-6H3,(H,79,80)(H,81,82)/t67-,68+,69+/m0/s1. The molecule has 546 valence electrons. The Hall–Kier alpha value is -1.94. The number of phosphoric ester groups is 2. The molecule has 0 aromatic heterocycles. The summed E-state index contributed by atoms with van der Waals surface area (Å²) in [6, 6.07) is 0. The molecule has 2 unspecified atom stereocenters. The molecule has 92 heavy (non-hydrogen) atoms. The molecule has 0 aliphatic heterocycles. The van der Waals surface area contributed by atoms with Crippen molar-refractivity contribution in [1.29, 1.82) is 0 Å². The molecule has 19 heteroatoms. The summed E-state index contributed by atoms with van der Waals surface area (Å²) in [6.07, 6.45) is 51.3. The van der Waals surface area contributed by atoms with Crippen molar-refractivity contribution in [2.45, 2.75) is 394 Å². The highest BCUT2D eigenvalue weighted by atomic mass is 31.2. The molecule has 5 atom stereocenters. The topological polar surface area (TPSA) is 237 Å². The highest BCUT2D eigenvalue weighted by Crippen LogP contribution is 2.45. The summed E-state index contributed by atoms with van der Waals surface area (Å²) in [5.74, 6) is -0.581. The zero-order valence-corrected chi connectivity index (χ0v) is 61.6. The number of carbonyl (C=O) groups is 4. The number of rotatable bonds is 72. The molecule has 0 radical (unpaired) electrons. The molecule has 0 fully saturated rings. The third-order valence-corrected chi connectivity index (χ3v) is 18.9. The van der Waals surface area contributed by atoms with Crippen LogP contribution >= 0.6 is 15.6 Å². The van der Waals surface area contributed by atoms with Crippen LogP contribution in [0, 0.1) is 11.8 Å². The van der Waals surface area contributed by atoms with Crippen LogP contribution in [0.5, 0.6) is 0 Å². The van der Waals surface area contributed by atoms with E-state index in [0.29, 0.717) is 25.7 Å². The maximum absolute atomic E-state index is 13.1. The van der Waals surface area contributed by atoms with Crippen LogP contribution in [0.2, 0.25) is 0 Å². The largest absolute Gasteiger partial charge is 0.472 e. The molecule has 0 heterocycles. The smallest absolute Gasteiger partial charge is 0.462 e. The lowest BCUT2D eigenvalue weighted by Gasteiger charge is -2.21. The minimum absolute atomic E-state index is 0.105. The van der Waals surface area contributed by atoms with E-state index in [1.165, 1.54) is 193 Å². The lowest BCUT2D eigenvalue weighted by atomic mass is 10.0. The van der Waals surface area contributed by atoms with Gasteiger partial charge in [-0.1, -0.05) is 324 Å². The summed E-state index contributed by atoms with van der Waals surface area (Å²) >= 11 is 0. The van der Waals surface area contributed by atoms with Crippen molar-refractivity contribution in [3.8, 4) is 0 Å². The fraction of sp³-hybridized carbons (Fsp3) is 0.945. The van der Waals surface area contributed by atoms with Crippen LogP contribution in [0.25, 0.3) is 0 Å². The number of aliphatic hydroxyl groups excluding tert-OH is 1. The van der Waals surface area contributed by atoms with E-state index in [0.717, 1.165) is 102 Å².